The van der Waals surface area contributed by atoms with Crippen LogP contribution in [0, 0.1) is 41.4 Å². The maximum absolute atomic E-state index is 2.56. The lowest BCUT2D eigenvalue weighted by Gasteiger charge is -2.52. The molecule has 7 atom stereocenters. The molecule has 3 aliphatic rings. The Bertz CT molecular complexity index is 269. The molecule has 0 heterocycles. The minimum atomic E-state index is 0.969. The van der Waals surface area contributed by atoms with Crippen molar-refractivity contribution in [2.24, 2.45) is 41.4 Å². The number of fused-ring (bicyclic) bond motifs is 2. The molecular weight excluding hydrogens is 204 g/mol. The highest BCUT2D eigenvalue weighted by atomic mass is 14.5. The molecule has 0 aromatic heterocycles. The molecule has 0 saturated heterocycles. The van der Waals surface area contributed by atoms with Crippen LogP contribution >= 0.6 is 0 Å². The highest BCUT2D eigenvalue weighted by molar-refractivity contribution is 4.94. The highest BCUT2D eigenvalue weighted by Crippen LogP contribution is 2.54. The Kier molecular flexibility index (Phi) is 3.26. The lowest BCUT2D eigenvalue weighted by Crippen LogP contribution is -2.43. The van der Waals surface area contributed by atoms with Crippen molar-refractivity contribution >= 4 is 0 Å². The van der Waals surface area contributed by atoms with Gasteiger partial charge in [-0.1, -0.05) is 46.5 Å². The van der Waals surface area contributed by atoms with Gasteiger partial charge in [0, 0.05) is 0 Å². The molecule has 0 aromatic carbocycles. The molecule has 17 heavy (non-hydrogen) atoms. The molecule has 7 unspecified atom stereocenters. The van der Waals surface area contributed by atoms with Crippen molar-refractivity contribution in [3.63, 3.8) is 0 Å². The van der Waals surface area contributed by atoms with Crippen molar-refractivity contribution in [3.05, 3.63) is 0 Å². The first-order valence-corrected chi connectivity index (χ1v) is 8.16. The maximum atomic E-state index is 2.56. The smallest absolute Gasteiger partial charge is 0.0354 e. The first-order valence-electron chi connectivity index (χ1n) is 8.16. The molecule has 3 saturated carbocycles. The van der Waals surface area contributed by atoms with Crippen LogP contribution in [0.3, 0.4) is 0 Å². The Morgan fingerprint density at radius 3 is 2.00 bits per heavy atom. The third-order valence-corrected chi connectivity index (χ3v) is 6.93. The van der Waals surface area contributed by atoms with E-state index < -0.39 is 0 Å². The lowest BCUT2D eigenvalue weighted by atomic mass is 9.54. The second kappa shape index (κ2) is 4.59. The summed E-state index contributed by atoms with van der Waals surface area (Å²) < 4.78 is 0. The average molecular weight is 234 g/mol. The summed E-state index contributed by atoms with van der Waals surface area (Å²) in [6.45, 7) is 7.57. The largest absolute Gasteiger partial charge is 0.0622 e. The van der Waals surface area contributed by atoms with Gasteiger partial charge in [0.2, 0.25) is 0 Å². The first kappa shape index (κ1) is 12.1. The molecule has 0 bridgehead atoms. The fraction of sp³-hybridized carbons (Fsp3) is 1.00. The summed E-state index contributed by atoms with van der Waals surface area (Å²) in [5, 5.41) is 0. The van der Waals surface area contributed by atoms with Crippen LogP contribution in [0.5, 0.6) is 0 Å². The summed E-state index contributed by atoms with van der Waals surface area (Å²) in [5.41, 5.74) is 0. The van der Waals surface area contributed by atoms with Gasteiger partial charge in [-0.3, -0.25) is 0 Å². The van der Waals surface area contributed by atoms with E-state index in [1.807, 2.05) is 0 Å². The Hall–Kier alpha value is 0. The second-order valence-corrected chi connectivity index (χ2v) is 7.63. The van der Waals surface area contributed by atoms with Crippen molar-refractivity contribution in [2.45, 2.75) is 65.7 Å². The van der Waals surface area contributed by atoms with Crippen molar-refractivity contribution in [3.8, 4) is 0 Å². The zero-order chi connectivity index (χ0) is 12.0. The minimum absolute atomic E-state index is 0.969. The Labute approximate surface area is 108 Å². The van der Waals surface area contributed by atoms with Gasteiger partial charge in [0.05, 0.1) is 0 Å². The molecule has 98 valence electrons. The average Bonchev–Trinajstić information content (AvgIpc) is 2.34. The van der Waals surface area contributed by atoms with Crippen LogP contribution in [0.2, 0.25) is 0 Å². The molecular formula is C17H30. The van der Waals surface area contributed by atoms with E-state index in [2.05, 4.69) is 20.8 Å². The Morgan fingerprint density at radius 2 is 1.29 bits per heavy atom. The van der Waals surface area contributed by atoms with Crippen LogP contribution < -0.4 is 0 Å². The zero-order valence-electron chi connectivity index (χ0n) is 12.0. The van der Waals surface area contributed by atoms with Crippen molar-refractivity contribution in [1.82, 2.24) is 0 Å². The molecule has 3 fully saturated rings. The van der Waals surface area contributed by atoms with Crippen LogP contribution in [0.4, 0.5) is 0 Å². The third-order valence-electron chi connectivity index (χ3n) is 6.93. The van der Waals surface area contributed by atoms with E-state index in [-0.39, 0.29) is 0 Å². The van der Waals surface area contributed by atoms with Crippen LogP contribution in [-0.4, -0.2) is 0 Å². The fourth-order valence-electron chi connectivity index (χ4n) is 5.53. The summed E-state index contributed by atoms with van der Waals surface area (Å²) in [6.07, 6.45) is 10.9. The molecule has 0 aliphatic heterocycles. The molecule has 0 aromatic rings. The third kappa shape index (κ3) is 2.06. The molecule has 0 spiro atoms. The van der Waals surface area contributed by atoms with Crippen LogP contribution in [0.25, 0.3) is 0 Å². The van der Waals surface area contributed by atoms with Gasteiger partial charge in [0.1, 0.15) is 0 Å². The molecule has 3 aliphatic carbocycles. The van der Waals surface area contributed by atoms with Gasteiger partial charge in [-0.05, 0) is 60.7 Å². The lowest BCUT2D eigenvalue weighted by molar-refractivity contribution is -0.0209. The van der Waals surface area contributed by atoms with Gasteiger partial charge in [-0.15, -0.1) is 0 Å². The van der Waals surface area contributed by atoms with Gasteiger partial charge >= 0.3 is 0 Å². The molecule has 0 nitrogen and oxygen atoms in total. The number of rotatable bonds is 0. The summed E-state index contributed by atoms with van der Waals surface area (Å²) in [4.78, 5) is 0. The van der Waals surface area contributed by atoms with Gasteiger partial charge < -0.3 is 0 Å². The normalized spacial score (nSPS) is 54.9. The Morgan fingerprint density at radius 1 is 0.647 bits per heavy atom. The van der Waals surface area contributed by atoms with Gasteiger partial charge in [0.25, 0.3) is 0 Å². The summed E-state index contributed by atoms with van der Waals surface area (Å²) in [7, 11) is 0. The summed E-state index contributed by atoms with van der Waals surface area (Å²) in [6, 6.07) is 0. The van der Waals surface area contributed by atoms with E-state index in [1.165, 1.54) is 12.8 Å². The Balaban J connectivity index is 1.74. The first-order chi connectivity index (χ1) is 8.16. The van der Waals surface area contributed by atoms with E-state index in [0.717, 1.165) is 41.4 Å². The van der Waals surface area contributed by atoms with E-state index in [4.69, 9.17) is 0 Å². The van der Waals surface area contributed by atoms with Crippen LogP contribution in [0.1, 0.15) is 65.7 Å². The zero-order valence-corrected chi connectivity index (χ0v) is 12.0. The number of hydrogen-bond donors (Lipinski definition) is 0. The van der Waals surface area contributed by atoms with E-state index in [1.54, 1.807) is 32.1 Å². The monoisotopic (exact) mass is 234 g/mol. The summed E-state index contributed by atoms with van der Waals surface area (Å²) >= 11 is 0. The molecule has 0 heteroatoms. The minimum Gasteiger partial charge on any atom is -0.0622 e. The predicted molar refractivity (Wildman–Crippen MR) is 73.8 cm³/mol. The summed E-state index contributed by atoms with van der Waals surface area (Å²) in [5.74, 6) is 7.36. The van der Waals surface area contributed by atoms with Crippen molar-refractivity contribution in [2.75, 3.05) is 0 Å². The van der Waals surface area contributed by atoms with Gasteiger partial charge in [-0.25, -0.2) is 0 Å². The van der Waals surface area contributed by atoms with Crippen LogP contribution in [0.15, 0.2) is 0 Å². The highest BCUT2D eigenvalue weighted by Gasteiger charge is 2.45. The van der Waals surface area contributed by atoms with Gasteiger partial charge in [0.15, 0.2) is 0 Å². The molecule has 0 radical (unpaired) electrons. The molecule has 3 rings (SSSR count). The van der Waals surface area contributed by atoms with Crippen molar-refractivity contribution in [1.29, 1.82) is 0 Å². The quantitative estimate of drug-likeness (QED) is 0.545. The van der Waals surface area contributed by atoms with E-state index in [9.17, 15) is 0 Å². The van der Waals surface area contributed by atoms with Crippen LogP contribution in [-0.2, 0) is 0 Å². The maximum Gasteiger partial charge on any atom is -0.0354 e. The van der Waals surface area contributed by atoms with Gasteiger partial charge in [-0.2, -0.15) is 0 Å². The topological polar surface area (TPSA) is 0 Å². The second-order valence-electron chi connectivity index (χ2n) is 7.63. The van der Waals surface area contributed by atoms with E-state index in [0.29, 0.717) is 0 Å². The predicted octanol–water partition coefficient (Wildman–Crippen LogP) is 5.13. The SMILES string of the molecule is CC1CC2CC3CCCCC3CC2C(C)C1C. The molecule has 0 amide bonds. The van der Waals surface area contributed by atoms with Crippen molar-refractivity contribution < 1.29 is 0 Å². The van der Waals surface area contributed by atoms with E-state index >= 15 is 0 Å². The molecule has 0 N–H and O–H groups in total. The standard InChI is InChI=1S/C17H30/c1-11-8-16-9-14-6-4-5-7-15(14)10-17(16)13(3)12(11)2/h11-17H,4-10H2,1-3H3. The number of hydrogen-bond acceptors (Lipinski definition) is 0. The fourth-order valence-corrected chi connectivity index (χ4v) is 5.53.